The second kappa shape index (κ2) is 7.51. The summed E-state index contributed by atoms with van der Waals surface area (Å²) in [4.78, 5) is 0. The molecule has 1 rings (SSSR count). The first kappa shape index (κ1) is 16.0. The fourth-order valence-electron chi connectivity index (χ4n) is 2.01. The van der Waals surface area contributed by atoms with Crippen molar-refractivity contribution in [3.05, 3.63) is 29.8 Å². The van der Waals surface area contributed by atoms with E-state index in [2.05, 4.69) is 38.2 Å². The average Bonchev–Trinajstić information content (AvgIpc) is 2.43. The van der Waals surface area contributed by atoms with E-state index < -0.39 is 0 Å². The van der Waals surface area contributed by atoms with E-state index in [1.807, 2.05) is 12.1 Å². The first-order valence-corrected chi connectivity index (χ1v) is 7.05. The molecule has 19 heavy (non-hydrogen) atoms. The molecule has 0 heterocycles. The number of methoxy groups -OCH3 is 1. The molecule has 3 nitrogen and oxygen atoms in total. The highest BCUT2D eigenvalue weighted by molar-refractivity contribution is 5.33. The fraction of sp³-hybridized carbons (Fsp3) is 0.625. The van der Waals surface area contributed by atoms with Gasteiger partial charge in [0.15, 0.2) is 0 Å². The van der Waals surface area contributed by atoms with Crippen LogP contribution in [-0.2, 0) is 5.41 Å². The zero-order chi connectivity index (χ0) is 14.3. The van der Waals surface area contributed by atoms with E-state index in [9.17, 15) is 0 Å². The van der Waals surface area contributed by atoms with Crippen LogP contribution in [-0.4, -0.2) is 26.7 Å². The molecule has 108 valence electrons. The van der Waals surface area contributed by atoms with Crippen LogP contribution in [0.15, 0.2) is 24.3 Å². The zero-order valence-corrected chi connectivity index (χ0v) is 12.7. The van der Waals surface area contributed by atoms with E-state index in [0.29, 0.717) is 5.92 Å². The fourth-order valence-corrected chi connectivity index (χ4v) is 2.01. The van der Waals surface area contributed by atoms with Crippen molar-refractivity contribution < 1.29 is 4.74 Å². The molecular weight excluding hydrogens is 236 g/mol. The van der Waals surface area contributed by atoms with Crippen LogP contribution in [0.5, 0.6) is 5.75 Å². The Kier molecular flexibility index (Phi) is 6.32. The highest BCUT2D eigenvalue weighted by Crippen LogP contribution is 2.25. The molecule has 0 radical (unpaired) electrons. The van der Waals surface area contributed by atoms with Crippen LogP contribution < -0.4 is 15.8 Å². The Hall–Kier alpha value is -1.06. The van der Waals surface area contributed by atoms with Gasteiger partial charge in [-0.1, -0.05) is 32.9 Å². The number of ether oxygens (including phenoxy) is 1. The first-order valence-electron chi connectivity index (χ1n) is 7.05. The molecule has 0 saturated carbocycles. The lowest BCUT2D eigenvalue weighted by Gasteiger charge is -2.26. The molecule has 0 saturated heterocycles. The molecule has 1 aromatic carbocycles. The van der Waals surface area contributed by atoms with Crippen molar-refractivity contribution in [2.75, 3.05) is 26.7 Å². The van der Waals surface area contributed by atoms with Crippen LogP contribution in [0, 0.1) is 5.92 Å². The predicted octanol–water partition coefficient (Wildman–Crippen LogP) is 2.55. The Balaban J connectivity index is 2.50. The predicted molar refractivity (Wildman–Crippen MR) is 81.7 cm³/mol. The smallest absolute Gasteiger partial charge is 0.119 e. The van der Waals surface area contributed by atoms with Gasteiger partial charge >= 0.3 is 0 Å². The summed E-state index contributed by atoms with van der Waals surface area (Å²) in [5.74, 6) is 1.51. The topological polar surface area (TPSA) is 47.3 Å². The molecule has 0 bridgehead atoms. The number of nitrogens with one attached hydrogen (secondary N) is 1. The highest BCUT2D eigenvalue weighted by Gasteiger charge is 2.20. The lowest BCUT2D eigenvalue weighted by atomic mass is 9.84. The molecular formula is C16H28N2O. The number of hydrogen-bond donors (Lipinski definition) is 2. The summed E-state index contributed by atoms with van der Waals surface area (Å²) in [5, 5.41) is 3.53. The van der Waals surface area contributed by atoms with Crippen LogP contribution in [0.2, 0.25) is 0 Å². The third-order valence-corrected chi connectivity index (χ3v) is 3.63. The third kappa shape index (κ3) is 5.21. The van der Waals surface area contributed by atoms with Gasteiger partial charge in [0.25, 0.3) is 0 Å². The Labute approximate surface area is 117 Å². The molecule has 1 atom stereocenters. The van der Waals surface area contributed by atoms with Crippen LogP contribution in [0.1, 0.15) is 32.8 Å². The maximum Gasteiger partial charge on any atom is 0.119 e. The second-order valence-corrected chi connectivity index (χ2v) is 5.92. The summed E-state index contributed by atoms with van der Waals surface area (Å²) in [7, 11) is 1.71. The van der Waals surface area contributed by atoms with Gasteiger partial charge in [-0.05, 0) is 43.1 Å². The Morgan fingerprint density at radius 1 is 1.37 bits per heavy atom. The molecule has 3 N–H and O–H groups in total. The molecule has 0 spiro atoms. The average molecular weight is 264 g/mol. The standard InChI is InChI=1S/C16H28N2O/c1-13(11-17)8-9-18-12-16(2,3)14-6-5-7-15(10-14)19-4/h5-7,10,13,18H,8-9,11-12,17H2,1-4H3. The first-order chi connectivity index (χ1) is 8.99. The Morgan fingerprint density at radius 3 is 2.74 bits per heavy atom. The molecule has 1 unspecified atom stereocenters. The maximum absolute atomic E-state index is 5.62. The summed E-state index contributed by atoms with van der Waals surface area (Å²) in [5.41, 5.74) is 7.02. The van der Waals surface area contributed by atoms with Crippen molar-refractivity contribution in [3.63, 3.8) is 0 Å². The van der Waals surface area contributed by atoms with Crippen molar-refractivity contribution >= 4 is 0 Å². The van der Waals surface area contributed by atoms with Gasteiger partial charge in [0.2, 0.25) is 0 Å². The van der Waals surface area contributed by atoms with Crippen molar-refractivity contribution in [1.29, 1.82) is 0 Å². The normalized spacial score (nSPS) is 13.3. The summed E-state index contributed by atoms with van der Waals surface area (Å²) < 4.78 is 5.29. The highest BCUT2D eigenvalue weighted by atomic mass is 16.5. The van der Waals surface area contributed by atoms with E-state index >= 15 is 0 Å². The zero-order valence-electron chi connectivity index (χ0n) is 12.7. The summed E-state index contributed by atoms with van der Waals surface area (Å²) in [6, 6.07) is 8.30. The van der Waals surface area contributed by atoms with Gasteiger partial charge in [0.05, 0.1) is 7.11 Å². The van der Waals surface area contributed by atoms with Crippen molar-refractivity contribution in [1.82, 2.24) is 5.32 Å². The van der Waals surface area contributed by atoms with Crippen LogP contribution >= 0.6 is 0 Å². The van der Waals surface area contributed by atoms with Crippen molar-refractivity contribution in [3.8, 4) is 5.75 Å². The van der Waals surface area contributed by atoms with Gasteiger partial charge in [-0.3, -0.25) is 0 Å². The summed E-state index contributed by atoms with van der Waals surface area (Å²) in [6.07, 6.45) is 1.13. The van der Waals surface area contributed by atoms with Gasteiger partial charge in [-0.2, -0.15) is 0 Å². The molecule has 1 aromatic rings. The van der Waals surface area contributed by atoms with Gasteiger partial charge in [0, 0.05) is 12.0 Å². The quantitative estimate of drug-likeness (QED) is 0.709. The lowest BCUT2D eigenvalue weighted by Crippen LogP contribution is -2.34. The monoisotopic (exact) mass is 264 g/mol. The van der Waals surface area contributed by atoms with E-state index in [0.717, 1.165) is 31.8 Å². The van der Waals surface area contributed by atoms with Crippen LogP contribution in [0.3, 0.4) is 0 Å². The van der Waals surface area contributed by atoms with Crippen LogP contribution in [0.25, 0.3) is 0 Å². The van der Waals surface area contributed by atoms with E-state index in [4.69, 9.17) is 10.5 Å². The number of nitrogens with two attached hydrogens (primary N) is 1. The van der Waals surface area contributed by atoms with Crippen molar-refractivity contribution in [2.24, 2.45) is 11.7 Å². The molecule has 0 aliphatic heterocycles. The number of hydrogen-bond acceptors (Lipinski definition) is 3. The van der Waals surface area contributed by atoms with E-state index in [-0.39, 0.29) is 5.41 Å². The molecule has 0 aliphatic carbocycles. The lowest BCUT2D eigenvalue weighted by molar-refractivity contribution is 0.408. The van der Waals surface area contributed by atoms with Gasteiger partial charge in [-0.25, -0.2) is 0 Å². The molecule has 0 aliphatic rings. The number of rotatable bonds is 8. The third-order valence-electron chi connectivity index (χ3n) is 3.63. The molecule has 0 amide bonds. The van der Waals surface area contributed by atoms with Gasteiger partial charge in [-0.15, -0.1) is 0 Å². The van der Waals surface area contributed by atoms with Gasteiger partial charge < -0.3 is 15.8 Å². The Morgan fingerprint density at radius 2 is 2.11 bits per heavy atom. The van der Waals surface area contributed by atoms with Crippen molar-refractivity contribution in [2.45, 2.75) is 32.6 Å². The Bertz CT molecular complexity index is 377. The van der Waals surface area contributed by atoms with E-state index in [1.165, 1.54) is 5.56 Å². The second-order valence-electron chi connectivity index (χ2n) is 5.92. The molecule has 0 fully saturated rings. The largest absolute Gasteiger partial charge is 0.497 e. The van der Waals surface area contributed by atoms with Crippen LogP contribution in [0.4, 0.5) is 0 Å². The molecule has 0 aromatic heterocycles. The molecule has 3 heteroatoms. The number of benzene rings is 1. The van der Waals surface area contributed by atoms with E-state index in [1.54, 1.807) is 7.11 Å². The van der Waals surface area contributed by atoms with Gasteiger partial charge in [0.1, 0.15) is 5.75 Å². The minimum Gasteiger partial charge on any atom is -0.497 e. The minimum absolute atomic E-state index is 0.0977. The minimum atomic E-state index is 0.0977. The summed E-state index contributed by atoms with van der Waals surface area (Å²) >= 11 is 0. The maximum atomic E-state index is 5.62. The summed E-state index contributed by atoms with van der Waals surface area (Å²) in [6.45, 7) is 9.43. The SMILES string of the molecule is COc1cccc(C(C)(C)CNCCC(C)CN)c1.